The number of halogens is 1. The molecule has 6 heteroatoms. The maximum Gasteiger partial charge on any atom is 0.319 e. The minimum absolute atomic E-state index is 0.0777. The van der Waals surface area contributed by atoms with Crippen molar-refractivity contribution in [1.29, 1.82) is 0 Å². The lowest BCUT2D eigenvalue weighted by Crippen LogP contribution is -2.40. The van der Waals surface area contributed by atoms with Crippen molar-refractivity contribution < 1.29 is 9.59 Å². The minimum Gasteiger partial charge on any atom is -0.348 e. The highest BCUT2D eigenvalue weighted by atomic mass is 79.9. The fourth-order valence-corrected chi connectivity index (χ4v) is 2.48. The Balaban J connectivity index is 1.81. The molecule has 126 valence electrons. The molecule has 0 aliphatic rings. The van der Waals surface area contributed by atoms with Gasteiger partial charge >= 0.3 is 6.03 Å². The van der Waals surface area contributed by atoms with Gasteiger partial charge in [-0.25, -0.2) is 4.79 Å². The van der Waals surface area contributed by atoms with Gasteiger partial charge in [-0.1, -0.05) is 53.2 Å². The number of urea groups is 1. The van der Waals surface area contributed by atoms with Crippen LogP contribution in [0, 0.1) is 0 Å². The third kappa shape index (κ3) is 5.70. The smallest absolute Gasteiger partial charge is 0.319 e. The summed E-state index contributed by atoms with van der Waals surface area (Å²) in [5.74, 6) is -0.229. The van der Waals surface area contributed by atoms with E-state index in [2.05, 4.69) is 31.9 Å². The first-order chi connectivity index (χ1) is 11.6. The van der Waals surface area contributed by atoms with Crippen LogP contribution in [0.4, 0.5) is 10.5 Å². The largest absolute Gasteiger partial charge is 0.348 e. The third-order valence-corrected chi connectivity index (χ3v) is 3.99. The fourth-order valence-electron chi connectivity index (χ4n) is 2.22. The highest BCUT2D eigenvalue weighted by Crippen LogP contribution is 2.19. The summed E-state index contributed by atoms with van der Waals surface area (Å²) in [5.41, 5.74) is 1.71. The molecule has 0 fully saturated rings. The summed E-state index contributed by atoms with van der Waals surface area (Å²) in [6.45, 7) is 1.92. The van der Waals surface area contributed by atoms with E-state index in [0.717, 1.165) is 16.5 Å². The lowest BCUT2D eigenvalue weighted by Gasteiger charge is -2.18. The van der Waals surface area contributed by atoms with Gasteiger partial charge in [0.15, 0.2) is 0 Å². The average Bonchev–Trinajstić information content (AvgIpc) is 2.59. The van der Waals surface area contributed by atoms with E-state index in [1.807, 2.05) is 49.4 Å². The van der Waals surface area contributed by atoms with Crippen LogP contribution in [-0.2, 0) is 4.79 Å². The summed E-state index contributed by atoms with van der Waals surface area (Å²) in [6.07, 6.45) is 0.767. The summed E-state index contributed by atoms with van der Waals surface area (Å²) < 4.78 is 0.992. The van der Waals surface area contributed by atoms with E-state index >= 15 is 0 Å². The van der Waals surface area contributed by atoms with Crippen molar-refractivity contribution in [1.82, 2.24) is 10.6 Å². The maximum atomic E-state index is 12.0. The van der Waals surface area contributed by atoms with Gasteiger partial charge in [0, 0.05) is 10.2 Å². The Morgan fingerprint density at radius 2 is 1.71 bits per heavy atom. The van der Waals surface area contributed by atoms with Gasteiger partial charge in [-0.15, -0.1) is 0 Å². The molecular formula is C18H20BrN3O2. The summed E-state index contributed by atoms with van der Waals surface area (Å²) in [7, 11) is 0. The first kappa shape index (κ1) is 18.0. The molecule has 2 aromatic rings. The van der Waals surface area contributed by atoms with Gasteiger partial charge in [-0.2, -0.15) is 0 Å². The van der Waals surface area contributed by atoms with Crippen LogP contribution in [0.5, 0.6) is 0 Å². The third-order valence-electron chi connectivity index (χ3n) is 3.46. The van der Waals surface area contributed by atoms with Crippen molar-refractivity contribution in [3.8, 4) is 0 Å². The second kappa shape index (κ2) is 9.08. The van der Waals surface area contributed by atoms with E-state index in [1.165, 1.54) is 0 Å². The zero-order valence-corrected chi connectivity index (χ0v) is 15.0. The molecule has 0 aromatic heterocycles. The van der Waals surface area contributed by atoms with E-state index in [1.54, 1.807) is 12.1 Å². The summed E-state index contributed by atoms with van der Waals surface area (Å²) in [4.78, 5) is 23.8. The Bertz CT molecular complexity index is 674. The summed E-state index contributed by atoms with van der Waals surface area (Å²) in [5, 5.41) is 8.14. The van der Waals surface area contributed by atoms with Gasteiger partial charge in [-0.3, -0.25) is 4.79 Å². The van der Waals surface area contributed by atoms with Crippen LogP contribution in [-0.4, -0.2) is 18.5 Å². The van der Waals surface area contributed by atoms with Crippen LogP contribution in [0.2, 0.25) is 0 Å². The second-order valence-electron chi connectivity index (χ2n) is 5.25. The van der Waals surface area contributed by atoms with Gasteiger partial charge < -0.3 is 16.0 Å². The SMILES string of the molecule is CC[C@@H](NC(=O)CNC(=O)Nc1ccccc1)c1ccc(Br)cc1. The first-order valence-electron chi connectivity index (χ1n) is 7.73. The topological polar surface area (TPSA) is 70.2 Å². The molecule has 5 nitrogen and oxygen atoms in total. The standard InChI is InChI=1S/C18H20BrN3O2/c1-2-16(13-8-10-14(19)11-9-13)22-17(23)12-20-18(24)21-15-6-4-3-5-7-15/h3-11,16H,2,12H2,1H3,(H,22,23)(H2,20,21,24)/t16-/m1/s1. The Kier molecular flexibility index (Phi) is 6.81. The van der Waals surface area contributed by atoms with E-state index in [-0.39, 0.29) is 18.5 Å². The van der Waals surface area contributed by atoms with Crippen LogP contribution < -0.4 is 16.0 Å². The molecule has 0 aliphatic heterocycles. The van der Waals surface area contributed by atoms with Crippen LogP contribution in [0.1, 0.15) is 24.9 Å². The predicted octanol–water partition coefficient (Wildman–Crippen LogP) is 3.84. The zero-order chi connectivity index (χ0) is 17.4. The molecule has 0 aliphatic carbocycles. The number of para-hydroxylation sites is 1. The quantitative estimate of drug-likeness (QED) is 0.702. The number of nitrogens with one attached hydrogen (secondary N) is 3. The Hall–Kier alpha value is -2.34. The highest BCUT2D eigenvalue weighted by molar-refractivity contribution is 9.10. The molecule has 0 radical (unpaired) electrons. The Morgan fingerprint density at radius 1 is 1.04 bits per heavy atom. The molecule has 0 saturated carbocycles. The van der Waals surface area contributed by atoms with Gasteiger partial charge in [0.25, 0.3) is 0 Å². The van der Waals surface area contributed by atoms with Gasteiger partial charge in [0.1, 0.15) is 0 Å². The van der Waals surface area contributed by atoms with Crippen LogP contribution in [0.15, 0.2) is 59.1 Å². The molecule has 3 N–H and O–H groups in total. The molecule has 0 heterocycles. The zero-order valence-electron chi connectivity index (χ0n) is 13.4. The summed E-state index contributed by atoms with van der Waals surface area (Å²) >= 11 is 3.39. The number of benzene rings is 2. The fraction of sp³-hybridized carbons (Fsp3) is 0.222. The molecule has 0 bridgehead atoms. The molecule has 3 amide bonds. The highest BCUT2D eigenvalue weighted by Gasteiger charge is 2.13. The van der Waals surface area contributed by atoms with Crippen molar-refractivity contribution >= 4 is 33.6 Å². The monoisotopic (exact) mass is 389 g/mol. The number of amides is 3. The molecule has 0 unspecified atom stereocenters. The number of hydrogen-bond donors (Lipinski definition) is 3. The van der Waals surface area contributed by atoms with Crippen LogP contribution in [0.25, 0.3) is 0 Å². The first-order valence-corrected chi connectivity index (χ1v) is 8.52. The minimum atomic E-state index is -0.409. The molecular weight excluding hydrogens is 370 g/mol. The Labute approximate surface area is 150 Å². The molecule has 24 heavy (non-hydrogen) atoms. The summed E-state index contributed by atoms with van der Waals surface area (Å²) in [6, 6.07) is 16.4. The lowest BCUT2D eigenvalue weighted by atomic mass is 10.0. The number of carbonyl (C=O) groups is 2. The molecule has 0 saturated heterocycles. The van der Waals surface area contributed by atoms with Crippen molar-refractivity contribution in [2.45, 2.75) is 19.4 Å². The number of hydrogen-bond acceptors (Lipinski definition) is 2. The van der Waals surface area contributed by atoms with E-state index in [4.69, 9.17) is 0 Å². The maximum absolute atomic E-state index is 12.0. The van der Waals surface area contributed by atoms with Crippen molar-refractivity contribution in [2.24, 2.45) is 0 Å². The molecule has 1 atom stereocenters. The van der Waals surface area contributed by atoms with E-state index in [0.29, 0.717) is 5.69 Å². The molecule has 2 rings (SSSR count). The predicted molar refractivity (Wildman–Crippen MR) is 98.8 cm³/mol. The Morgan fingerprint density at radius 3 is 2.33 bits per heavy atom. The molecule has 2 aromatic carbocycles. The normalized spacial score (nSPS) is 11.4. The lowest BCUT2D eigenvalue weighted by molar-refractivity contribution is -0.120. The van der Waals surface area contributed by atoms with Crippen molar-refractivity contribution in [2.75, 3.05) is 11.9 Å². The van der Waals surface area contributed by atoms with E-state index < -0.39 is 6.03 Å². The number of rotatable bonds is 6. The molecule has 0 spiro atoms. The van der Waals surface area contributed by atoms with Crippen molar-refractivity contribution in [3.05, 3.63) is 64.6 Å². The van der Waals surface area contributed by atoms with Crippen LogP contribution in [0.3, 0.4) is 0 Å². The van der Waals surface area contributed by atoms with Gasteiger partial charge in [-0.05, 0) is 36.2 Å². The number of carbonyl (C=O) groups excluding carboxylic acids is 2. The van der Waals surface area contributed by atoms with Crippen LogP contribution >= 0.6 is 15.9 Å². The second-order valence-corrected chi connectivity index (χ2v) is 6.17. The van der Waals surface area contributed by atoms with Gasteiger partial charge in [0.05, 0.1) is 12.6 Å². The van der Waals surface area contributed by atoms with E-state index in [9.17, 15) is 9.59 Å². The van der Waals surface area contributed by atoms with Crippen molar-refractivity contribution in [3.63, 3.8) is 0 Å². The number of anilines is 1. The van der Waals surface area contributed by atoms with Gasteiger partial charge in [0.2, 0.25) is 5.91 Å². The average molecular weight is 390 g/mol.